The van der Waals surface area contributed by atoms with E-state index in [1.54, 1.807) is 0 Å². The molecule has 0 saturated carbocycles. The Hall–Kier alpha value is -0.930. The van der Waals surface area contributed by atoms with Crippen LogP contribution in [0, 0.1) is 0 Å². The highest BCUT2D eigenvalue weighted by molar-refractivity contribution is 5.79. The zero-order valence-corrected chi connectivity index (χ0v) is 9.29. The molecular formula is C12H17F2NO. The summed E-state index contributed by atoms with van der Waals surface area (Å²) in [5.74, 6) is -0.129. The van der Waals surface area contributed by atoms with Crippen LogP contribution in [0.2, 0.25) is 0 Å². The van der Waals surface area contributed by atoms with Gasteiger partial charge in [0.05, 0.1) is 13.1 Å². The number of allylic oxidation sites excluding steroid dienone is 1. The zero-order chi connectivity index (χ0) is 11.5. The molecule has 0 bridgehead atoms. The summed E-state index contributed by atoms with van der Waals surface area (Å²) in [6.45, 7) is -0.152. The van der Waals surface area contributed by atoms with Crippen LogP contribution in [-0.4, -0.2) is 36.2 Å². The van der Waals surface area contributed by atoms with E-state index in [1.165, 1.54) is 11.3 Å². The van der Waals surface area contributed by atoms with Gasteiger partial charge in [0.15, 0.2) is 12.3 Å². The molecule has 1 amide bonds. The predicted octanol–water partition coefficient (Wildman–Crippen LogP) is 2.40. The molecule has 2 rings (SSSR count). The van der Waals surface area contributed by atoms with Gasteiger partial charge in [0.25, 0.3) is 0 Å². The second kappa shape index (κ2) is 4.93. The molecule has 90 valence electrons. The van der Waals surface area contributed by atoms with Crippen LogP contribution in [0.15, 0.2) is 11.6 Å². The molecule has 4 heteroatoms. The molecule has 1 aliphatic carbocycles. The summed E-state index contributed by atoms with van der Waals surface area (Å²) < 4.78 is 25.8. The van der Waals surface area contributed by atoms with Crippen molar-refractivity contribution in [3.8, 4) is 0 Å². The highest BCUT2D eigenvalue weighted by Crippen LogP contribution is 2.23. The summed E-state index contributed by atoms with van der Waals surface area (Å²) in [5, 5.41) is 0. The summed E-state index contributed by atoms with van der Waals surface area (Å²) in [6.07, 6.45) is 3.74. The molecule has 0 unspecified atom stereocenters. The van der Waals surface area contributed by atoms with Crippen molar-refractivity contribution in [2.75, 3.05) is 13.1 Å². The van der Waals surface area contributed by atoms with Crippen molar-refractivity contribution in [3.63, 3.8) is 0 Å². The Morgan fingerprint density at radius 1 is 1.31 bits per heavy atom. The van der Waals surface area contributed by atoms with Crippen molar-refractivity contribution in [3.05, 3.63) is 11.6 Å². The highest BCUT2D eigenvalue weighted by Gasteiger charge is 2.35. The average molecular weight is 229 g/mol. The Kier molecular flexibility index (Phi) is 3.56. The molecule has 0 aromatic heterocycles. The quantitative estimate of drug-likeness (QED) is 0.666. The molecular weight excluding hydrogens is 212 g/mol. The van der Waals surface area contributed by atoms with E-state index in [4.69, 9.17) is 0 Å². The summed E-state index contributed by atoms with van der Waals surface area (Å²) in [5.41, 5.74) is 1.13. The number of halogens is 2. The Balaban J connectivity index is 1.86. The highest BCUT2D eigenvalue weighted by atomic mass is 19.2. The molecule has 1 aliphatic heterocycles. The molecule has 16 heavy (non-hydrogen) atoms. The van der Waals surface area contributed by atoms with Gasteiger partial charge in [-0.15, -0.1) is 0 Å². The van der Waals surface area contributed by atoms with E-state index in [9.17, 15) is 13.6 Å². The number of carbonyl (C=O) groups is 1. The van der Waals surface area contributed by atoms with E-state index in [2.05, 4.69) is 6.08 Å². The Labute approximate surface area is 94.3 Å². The molecule has 1 saturated heterocycles. The van der Waals surface area contributed by atoms with Crippen LogP contribution in [0.1, 0.15) is 32.1 Å². The minimum absolute atomic E-state index is 0.0761. The maximum atomic E-state index is 12.9. The number of likely N-dealkylation sites (tertiary alicyclic amines) is 1. The van der Waals surface area contributed by atoms with Gasteiger partial charge in [-0.3, -0.25) is 4.79 Å². The van der Waals surface area contributed by atoms with Crippen molar-refractivity contribution in [1.29, 1.82) is 0 Å². The number of amides is 1. The number of alkyl halides is 2. The van der Waals surface area contributed by atoms with Gasteiger partial charge in [-0.1, -0.05) is 11.6 Å². The molecule has 0 aromatic rings. The van der Waals surface area contributed by atoms with Gasteiger partial charge in [-0.05, 0) is 25.7 Å². The summed E-state index contributed by atoms with van der Waals surface area (Å²) in [4.78, 5) is 13.1. The smallest absolute Gasteiger partial charge is 0.226 e. The van der Waals surface area contributed by atoms with Crippen molar-refractivity contribution in [2.45, 2.75) is 44.4 Å². The van der Waals surface area contributed by atoms with Crippen LogP contribution >= 0.6 is 0 Å². The first-order chi connectivity index (χ1) is 7.66. The van der Waals surface area contributed by atoms with Crippen LogP contribution in [-0.2, 0) is 4.79 Å². The van der Waals surface area contributed by atoms with Gasteiger partial charge in [-0.25, -0.2) is 8.78 Å². The minimum Gasteiger partial charge on any atom is -0.336 e. The Morgan fingerprint density at radius 2 is 2.00 bits per heavy atom. The molecule has 0 aromatic carbocycles. The summed E-state index contributed by atoms with van der Waals surface area (Å²) >= 11 is 0. The van der Waals surface area contributed by atoms with Gasteiger partial charge in [0, 0.05) is 6.42 Å². The maximum Gasteiger partial charge on any atom is 0.226 e. The van der Waals surface area contributed by atoms with Crippen LogP contribution in [0.5, 0.6) is 0 Å². The van der Waals surface area contributed by atoms with Gasteiger partial charge in [0.1, 0.15) is 0 Å². The SMILES string of the molecule is O=C(CC1=CCCCC1)N1C[C@@H](F)[C@@H](F)C1. The van der Waals surface area contributed by atoms with Crippen molar-refractivity contribution in [2.24, 2.45) is 0 Å². The second-order valence-electron chi connectivity index (χ2n) is 4.62. The molecule has 0 N–H and O–H groups in total. The van der Waals surface area contributed by atoms with Crippen LogP contribution in [0.3, 0.4) is 0 Å². The maximum absolute atomic E-state index is 12.9. The zero-order valence-electron chi connectivity index (χ0n) is 9.29. The molecule has 1 fully saturated rings. The van der Waals surface area contributed by atoms with Crippen molar-refractivity contribution >= 4 is 5.91 Å². The summed E-state index contributed by atoms with van der Waals surface area (Å²) in [6, 6.07) is 0. The molecule has 2 atom stereocenters. The molecule has 0 radical (unpaired) electrons. The monoisotopic (exact) mass is 229 g/mol. The lowest BCUT2D eigenvalue weighted by Gasteiger charge is -2.18. The van der Waals surface area contributed by atoms with Crippen LogP contribution < -0.4 is 0 Å². The Morgan fingerprint density at radius 3 is 2.56 bits per heavy atom. The fourth-order valence-electron chi connectivity index (χ4n) is 2.30. The van der Waals surface area contributed by atoms with Gasteiger partial charge >= 0.3 is 0 Å². The fraction of sp³-hybridized carbons (Fsp3) is 0.750. The second-order valence-corrected chi connectivity index (χ2v) is 4.62. The third-order valence-corrected chi connectivity index (χ3v) is 3.30. The van der Waals surface area contributed by atoms with E-state index >= 15 is 0 Å². The normalized spacial score (nSPS) is 30.4. The topological polar surface area (TPSA) is 20.3 Å². The minimum atomic E-state index is -1.50. The molecule has 0 spiro atoms. The predicted molar refractivity (Wildman–Crippen MR) is 57.5 cm³/mol. The number of carbonyl (C=O) groups excluding carboxylic acids is 1. The van der Waals surface area contributed by atoms with E-state index in [1.807, 2.05) is 0 Å². The third kappa shape index (κ3) is 2.60. The van der Waals surface area contributed by atoms with Gasteiger partial charge in [0.2, 0.25) is 5.91 Å². The fourth-order valence-corrected chi connectivity index (χ4v) is 2.30. The lowest BCUT2D eigenvalue weighted by molar-refractivity contribution is -0.129. The number of hydrogen-bond acceptors (Lipinski definition) is 1. The molecule has 2 nitrogen and oxygen atoms in total. The third-order valence-electron chi connectivity index (χ3n) is 3.30. The number of nitrogens with zero attached hydrogens (tertiary/aromatic N) is 1. The van der Waals surface area contributed by atoms with E-state index in [0.717, 1.165) is 24.8 Å². The van der Waals surface area contributed by atoms with Gasteiger partial charge < -0.3 is 4.90 Å². The largest absolute Gasteiger partial charge is 0.336 e. The standard InChI is InChI=1S/C12H17F2NO/c13-10-7-15(8-11(10)14)12(16)6-9-4-2-1-3-5-9/h4,10-11H,1-3,5-8H2/t10-,11+. The average Bonchev–Trinajstić information content (AvgIpc) is 2.61. The lowest BCUT2D eigenvalue weighted by atomic mass is 9.97. The number of hydrogen-bond donors (Lipinski definition) is 0. The Bertz CT molecular complexity index is 293. The lowest BCUT2D eigenvalue weighted by Crippen LogP contribution is -2.29. The first-order valence-corrected chi connectivity index (χ1v) is 5.90. The van der Waals surface area contributed by atoms with Crippen molar-refractivity contribution in [1.82, 2.24) is 4.90 Å². The number of rotatable bonds is 2. The van der Waals surface area contributed by atoms with E-state index in [0.29, 0.717) is 6.42 Å². The van der Waals surface area contributed by atoms with E-state index < -0.39 is 12.3 Å². The molecule has 1 heterocycles. The first kappa shape index (κ1) is 11.6. The van der Waals surface area contributed by atoms with Crippen LogP contribution in [0.4, 0.5) is 8.78 Å². The van der Waals surface area contributed by atoms with Crippen LogP contribution in [0.25, 0.3) is 0 Å². The summed E-state index contributed by atoms with van der Waals surface area (Å²) in [7, 11) is 0. The molecule has 2 aliphatic rings. The first-order valence-electron chi connectivity index (χ1n) is 5.90. The van der Waals surface area contributed by atoms with Gasteiger partial charge in [-0.2, -0.15) is 0 Å². The van der Waals surface area contributed by atoms with E-state index in [-0.39, 0.29) is 19.0 Å². The van der Waals surface area contributed by atoms with Crippen molar-refractivity contribution < 1.29 is 13.6 Å².